The minimum atomic E-state index is -4.49. The number of fused-ring (bicyclic) bond motifs is 1. The predicted molar refractivity (Wildman–Crippen MR) is 87.7 cm³/mol. The highest BCUT2D eigenvalue weighted by atomic mass is 19.4. The molecule has 3 amide bonds. The molecule has 1 aromatic carbocycles. The Morgan fingerprint density at radius 1 is 1.15 bits per heavy atom. The number of nitrogens with one attached hydrogen (secondary N) is 1. The van der Waals surface area contributed by atoms with E-state index in [9.17, 15) is 22.8 Å². The van der Waals surface area contributed by atoms with E-state index in [1.807, 2.05) is 0 Å². The summed E-state index contributed by atoms with van der Waals surface area (Å²) in [5.41, 5.74) is 0.160. The van der Waals surface area contributed by atoms with Crippen LogP contribution in [0.5, 0.6) is 0 Å². The zero-order valence-electron chi connectivity index (χ0n) is 14.3. The van der Waals surface area contributed by atoms with Gasteiger partial charge in [-0.1, -0.05) is 6.07 Å². The number of urea groups is 1. The molecular weight excluding hydrogens is 349 g/mol. The van der Waals surface area contributed by atoms with Crippen LogP contribution >= 0.6 is 0 Å². The third-order valence-corrected chi connectivity index (χ3v) is 4.32. The Balaban J connectivity index is 2.09. The van der Waals surface area contributed by atoms with Gasteiger partial charge in [-0.15, -0.1) is 0 Å². The lowest BCUT2D eigenvalue weighted by Crippen LogP contribution is -2.80. The van der Waals surface area contributed by atoms with E-state index in [0.29, 0.717) is 17.1 Å². The van der Waals surface area contributed by atoms with Gasteiger partial charge in [0.25, 0.3) is 11.7 Å². The number of imide groups is 1. The topological polar surface area (TPSA) is 67.0 Å². The van der Waals surface area contributed by atoms with Crippen molar-refractivity contribution in [1.29, 1.82) is 0 Å². The number of hydrogen-bond acceptors (Lipinski definition) is 3. The van der Waals surface area contributed by atoms with Gasteiger partial charge >= 0.3 is 12.2 Å². The molecule has 0 aliphatic carbocycles. The molecule has 3 rings (SSSR count). The lowest BCUT2D eigenvalue weighted by Gasteiger charge is -2.32. The number of nitrogens with zero attached hydrogens (tertiary/aromatic N) is 3. The second-order valence-corrected chi connectivity index (χ2v) is 6.07. The number of aliphatic imine (C=N–C) groups is 1. The van der Waals surface area contributed by atoms with Gasteiger partial charge in [0.1, 0.15) is 0 Å². The summed E-state index contributed by atoms with van der Waals surface area (Å²) >= 11 is 0. The van der Waals surface area contributed by atoms with E-state index >= 15 is 0 Å². The maximum Gasteiger partial charge on any atom is 0.417 e. The van der Waals surface area contributed by atoms with Crippen molar-refractivity contribution in [1.82, 2.24) is 9.80 Å². The van der Waals surface area contributed by atoms with Crippen molar-refractivity contribution in [2.24, 2.45) is 10.9 Å². The molecule has 6 nitrogen and oxygen atoms in total. The standard InChI is InChI=1S/C17H15F3N4O2/c1-9-8-21-14-12(15(25)24(3)16(26)23(14)2)13(9)22-11-6-4-5-10(7-11)17(18,19)20/h4-8,12H,1-3H3/p+1. The van der Waals surface area contributed by atoms with E-state index in [-0.39, 0.29) is 5.69 Å². The van der Waals surface area contributed by atoms with Gasteiger partial charge < -0.3 is 0 Å². The fourth-order valence-corrected chi connectivity index (χ4v) is 2.88. The van der Waals surface area contributed by atoms with Crippen LogP contribution in [0.25, 0.3) is 0 Å². The zero-order valence-corrected chi connectivity index (χ0v) is 14.3. The highest BCUT2D eigenvalue weighted by Crippen LogP contribution is 2.32. The maximum absolute atomic E-state index is 12.9. The number of halogens is 3. The number of benzene rings is 1. The average Bonchev–Trinajstić information content (AvgIpc) is 2.59. The molecule has 1 unspecified atom stereocenters. The first-order valence-electron chi connectivity index (χ1n) is 7.73. The van der Waals surface area contributed by atoms with Gasteiger partial charge in [0.15, 0.2) is 5.92 Å². The summed E-state index contributed by atoms with van der Waals surface area (Å²) in [5, 5.41) is 0. The predicted octanol–water partition coefficient (Wildman–Crippen LogP) is 1.31. The molecule has 26 heavy (non-hydrogen) atoms. The van der Waals surface area contributed by atoms with Gasteiger partial charge in [0.05, 0.1) is 30.2 Å². The number of hydrogen-bond donors (Lipinski definition) is 1. The number of alkyl halides is 3. The SMILES string of the molecule is CC1=C[NH+]=C2C(C(=O)N(C)C(=O)N2C)C1=Nc1cccc(C(F)(F)F)c1. The first-order chi connectivity index (χ1) is 12.1. The number of allylic oxidation sites excluding steroid dienone is 1. The minimum Gasteiger partial charge on any atom is -0.273 e. The Hall–Kier alpha value is -2.97. The molecule has 2 heterocycles. The van der Waals surface area contributed by atoms with Crippen molar-refractivity contribution in [2.75, 3.05) is 14.1 Å². The highest BCUT2D eigenvalue weighted by Gasteiger charge is 2.50. The quantitative estimate of drug-likeness (QED) is 0.816. The normalized spacial score (nSPS) is 22.4. The molecule has 1 atom stereocenters. The molecule has 0 saturated carbocycles. The summed E-state index contributed by atoms with van der Waals surface area (Å²) in [7, 11) is 2.87. The molecule has 2 aliphatic heterocycles. The molecule has 0 bridgehead atoms. The molecule has 1 fully saturated rings. The van der Waals surface area contributed by atoms with Gasteiger partial charge in [-0.25, -0.2) is 14.7 Å². The summed E-state index contributed by atoms with van der Waals surface area (Å²) < 4.78 is 38.8. The van der Waals surface area contributed by atoms with Crippen LogP contribution in [0, 0.1) is 5.92 Å². The van der Waals surface area contributed by atoms with Crippen LogP contribution in [0.1, 0.15) is 12.5 Å². The van der Waals surface area contributed by atoms with Crippen LogP contribution in [0.4, 0.5) is 23.7 Å². The smallest absolute Gasteiger partial charge is 0.273 e. The van der Waals surface area contributed by atoms with Gasteiger partial charge in [0.2, 0.25) is 0 Å². The highest BCUT2D eigenvalue weighted by molar-refractivity contribution is 6.31. The molecule has 1 aromatic rings. The average molecular weight is 365 g/mol. The van der Waals surface area contributed by atoms with E-state index < -0.39 is 29.6 Å². The number of amides is 3. The molecule has 1 N–H and O–H groups in total. The van der Waals surface area contributed by atoms with Crippen molar-refractivity contribution in [2.45, 2.75) is 13.1 Å². The van der Waals surface area contributed by atoms with Gasteiger partial charge in [0, 0.05) is 12.6 Å². The number of rotatable bonds is 1. The van der Waals surface area contributed by atoms with Crippen LogP contribution in [0.3, 0.4) is 0 Å². The second-order valence-electron chi connectivity index (χ2n) is 6.07. The van der Waals surface area contributed by atoms with Crippen molar-refractivity contribution >= 4 is 29.2 Å². The Bertz CT molecular complexity index is 886. The monoisotopic (exact) mass is 365 g/mol. The van der Waals surface area contributed by atoms with Gasteiger partial charge in [-0.2, -0.15) is 18.1 Å². The van der Waals surface area contributed by atoms with Crippen LogP contribution in [-0.2, 0) is 11.0 Å². The third kappa shape index (κ3) is 2.89. The molecule has 1 saturated heterocycles. The van der Waals surface area contributed by atoms with Crippen molar-refractivity contribution in [3.05, 3.63) is 41.6 Å². The number of carbonyl (C=O) groups is 2. The first kappa shape index (κ1) is 17.8. The Morgan fingerprint density at radius 3 is 2.50 bits per heavy atom. The Morgan fingerprint density at radius 2 is 1.85 bits per heavy atom. The first-order valence-corrected chi connectivity index (χ1v) is 7.73. The van der Waals surface area contributed by atoms with Crippen LogP contribution < -0.4 is 4.99 Å². The molecule has 0 spiro atoms. The Labute approximate surface area is 147 Å². The summed E-state index contributed by atoms with van der Waals surface area (Å²) in [6.07, 6.45) is -2.92. The number of amidine groups is 1. The molecular formula is C17H16F3N4O2+. The van der Waals surface area contributed by atoms with E-state index in [1.54, 1.807) is 13.1 Å². The Kier molecular flexibility index (Phi) is 4.17. The summed E-state index contributed by atoms with van der Waals surface area (Å²) in [6.45, 7) is 1.69. The van der Waals surface area contributed by atoms with E-state index in [2.05, 4.69) is 9.98 Å². The summed E-state index contributed by atoms with van der Waals surface area (Å²) in [5.74, 6) is -1.05. The largest absolute Gasteiger partial charge is 0.417 e. The summed E-state index contributed by atoms with van der Waals surface area (Å²) in [4.78, 5) is 34.2. The molecule has 9 heteroatoms. The molecule has 2 aliphatic rings. The van der Waals surface area contributed by atoms with Gasteiger partial charge in [-0.3, -0.25) is 9.79 Å². The number of carbonyl (C=O) groups excluding carboxylic acids is 2. The lowest BCUT2D eigenvalue weighted by atomic mass is 9.91. The molecule has 0 radical (unpaired) electrons. The minimum absolute atomic E-state index is 0.0823. The van der Waals surface area contributed by atoms with Crippen molar-refractivity contribution < 1.29 is 27.8 Å². The fourth-order valence-electron chi connectivity index (χ4n) is 2.88. The molecule has 136 valence electrons. The van der Waals surface area contributed by atoms with Gasteiger partial charge in [-0.05, 0) is 25.1 Å². The second kappa shape index (κ2) is 6.08. The van der Waals surface area contributed by atoms with E-state index in [1.165, 1.54) is 31.1 Å². The summed E-state index contributed by atoms with van der Waals surface area (Å²) in [6, 6.07) is 4.08. The van der Waals surface area contributed by atoms with Crippen LogP contribution in [0.2, 0.25) is 0 Å². The van der Waals surface area contributed by atoms with E-state index in [0.717, 1.165) is 17.0 Å². The zero-order chi connectivity index (χ0) is 19.2. The maximum atomic E-state index is 12.9. The van der Waals surface area contributed by atoms with Crippen molar-refractivity contribution in [3.8, 4) is 0 Å². The molecule has 0 aromatic heterocycles. The van der Waals surface area contributed by atoms with Crippen LogP contribution in [-0.4, -0.2) is 47.4 Å². The van der Waals surface area contributed by atoms with Crippen molar-refractivity contribution in [3.63, 3.8) is 0 Å². The third-order valence-electron chi connectivity index (χ3n) is 4.32. The lowest BCUT2D eigenvalue weighted by molar-refractivity contribution is -0.383. The van der Waals surface area contributed by atoms with E-state index in [4.69, 9.17) is 0 Å². The van der Waals surface area contributed by atoms with Crippen LogP contribution in [0.15, 0.2) is 41.0 Å². The fraction of sp³-hybridized carbons (Fsp3) is 0.294.